The molecule has 2 bridgehead atoms. The minimum absolute atomic E-state index is 0.0799. The van der Waals surface area contributed by atoms with Gasteiger partial charge in [0.15, 0.2) is 0 Å². The fourth-order valence-corrected chi connectivity index (χ4v) is 6.04. The van der Waals surface area contributed by atoms with Crippen molar-refractivity contribution in [2.24, 2.45) is 11.8 Å². The summed E-state index contributed by atoms with van der Waals surface area (Å²) in [6, 6.07) is 7.87. The molecule has 2 aromatic heterocycles. The van der Waals surface area contributed by atoms with E-state index in [1.807, 2.05) is 9.80 Å². The summed E-state index contributed by atoms with van der Waals surface area (Å²) in [4.78, 5) is 12.1. The number of halogens is 6. The second kappa shape index (κ2) is 9.60. The monoisotopic (exact) mass is 551 g/mol. The van der Waals surface area contributed by atoms with Crippen molar-refractivity contribution in [1.29, 1.82) is 0 Å². The molecule has 0 amide bonds. The van der Waals surface area contributed by atoms with Crippen LogP contribution in [0.2, 0.25) is 0 Å². The number of hydrogen-bond donors (Lipinski definition) is 1. The SMILES string of the molecule is FC(F)(F)c1ccc(N2CCCCn3nc(NC4C5CC[C@H]4CN(c4ccnc(C(F)(F)F)c4)C5)nc32)cc1. The molecule has 39 heavy (non-hydrogen) atoms. The van der Waals surface area contributed by atoms with E-state index < -0.39 is 23.6 Å². The van der Waals surface area contributed by atoms with E-state index >= 15 is 0 Å². The molecule has 2 unspecified atom stereocenters. The second-order valence-corrected chi connectivity index (χ2v) is 10.4. The highest BCUT2D eigenvalue weighted by atomic mass is 19.4. The van der Waals surface area contributed by atoms with Crippen LogP contribution in [-0.2, 0) is 18.9 Å². The molecule has 4 heterocycles. The molecule has 3 atom stereocenters. The molecule has 2 aliphatic heterocycles. The van der Waals surface area contributed by atoms with Crippen molar-refractivity contribution in [2.45, 2.75) is 50.6 Å². The van der Waals surface area contributed by atoms with Gasteiger partial charge in [-0.3, -0.25) is 4.98 Å². The number of benzene rings is 1. The minimum atomic E-state index is -4.49. The lowest BCUT2D eigenvalue weighted by Crippen LogP contribution is -2.48. The zero-order chi connectivity index (χ0) is 27.4. The number of piperidine rings is 1. The first-order valence-electron chi connectivity index (χ1n) is 13.0. The number of alkyl halides is 6. The highest BCUT2D eigenvalue weighted by Crippen LogP contribution is 2.41. The third-order valence-electron chi connectivity index (χ3n) is 7.93. The smallest absolute Gasteiger partial charge is 0.371 e. The van der Waals surface area contributed by atoms with Gasteiger partial charge in [0.1, 0.15) is 5.69 Å². The van der Waals surface area contributed by atoms with Crippen LogP contribution in [0.4, 0.5) is 49.6 Å². The predicted molar refractivity (Wildman–Crippen MR) is 133 cm³/mol. The Bertz CT molecular complexity index is 1310. The number of pyridine rings is 1. The van der Waals surface area contributed by atoms with Crippen molar-refractivity contribution >= 4 is 23.3 Å². The molecular weight excluding hydrogens is 524 g/mol. The molecule has 6 rings (SSSR count). The number of aromatic nitrogens is 4. The molecule has 1 aliphatic carbocycles. The van der Waals surface area contributed by atoms with E-state index in [1.54, 1.807) is 10.7 Å². The first-order valence-corrected chi connectivity index (χ1v) is 13.0. The van der Waals surface area contributed by atoms with Gasteiger partial charge in [-0.05, 0) is 73.9 Å². The molecule has 7 nitrogen and oxygen atoms in total. The lowest BCUT2D eigenvalue weighted by atomic mass is 9.92. The maximum absolute atomic E-state index is 13.2. The van der Waals surface area contributed by atoms with E-state index in [0.29, 0.717) is 49.5 Å². The Morgan fingerprint density at radius 1 is 0.821 bits per heavy atom. The van der Waals surface area contributed by atoms with Gasteiger partial charge in [-0.2, -0.15) is 31.3 Å². The van der Waals surface area contributed by atoms with Crippen molar-refractivity contribution in [3.8, 4) is 0 Å². The van der Waals surface area contributed by atoms with E-state index in [2.05, 4.69) is 15.4 Å². The summed E-state index contributed by atoms with van der Waals surface area (Å²) in [5.74, 6) is 1.46. The van der Waals surface area contributed by atoms with Gasteiger partial charge in [0, 0.05) is 49.8 Å². The Kier molecular flexibility index (Phi) is 6.34. The van der Waals surface area contributed by atoms with Gasteiger partial charge in [0.2, 0.25) is 11.9 Å². The number of anilines is 4. The van der Waals surface area contributed by atoms with Crippen LogP contribution in [0.5, 0.6) is 0 Å². The number of nitrogens with one attached hydrogen (secondary N) is 1. The van der Waals surface area contributed by atoms with Gasteiger partial charge in [-0.1, -0.05) is 0 Å². The van der Waals surface area contributed by atoms with Crippen LogP contribution in [0.15, 0.2) is 42.6 Å². The number of fused-ring (bicyclic) bond motifs is 3. The first-order chi connectivity index (χ1) is 18.6. The van der Waals surface area contributed by atoms with Gasteiger partial charge in [0.05, 0.1) is 5.56 Å². The van der Waals surface area contributed by atoms with Crippen LogP contribution in [-0.4, -0.2) is 45.4 Å². The van der Waals surface area contributed by atoms with Crippen LogP contribution in [0.1, 0.15) is 36.9 Å². The van der Waals surface area contributed by atoms with E-state index in [9.17, 15) is 26.3 Å². The Morgan fingerprint density at radius 2 is 1.51 bits per heavy atom. The number of aryl methyl sites for hydroxylation is 1. The average Bonchev–Trinajstić information content (AvgIpc) is 3.30. The van der Waals surface area contributed by atoms with Crippen molar-refractivity contribution in [2.75, 3.05) is 34.8 Å². The summed E-state index contributed by atoms with van der Waals surface area (Å²) < 4.78 is 80.5. The molecule has 3 aliphatic rings. The number of nitrogens with zero attached hydrogens (tertiary/aromatic N) is 6. The van der Waals surface area contributed by atoms with Gasteiger partial charge < -0.3 is 15.1 Å². The maximum atomic E-state index is 13.2. The Balaban J connectivity index is 1.19. The van der Waals surface area contributed by atoms with Crippen molar-refractivity contribution in [3.05, 3.63) is 53.9 Å². The molecule has 1 saturated heterocycles. The van der Waals surface area contributed by atoms with Crippen LogP contribution in [0.25, 0.3) is 0 Å². The summed E-state index contributed by atoms with van der Waals surface area (Å²) in [6.45, 7) is 2.48. The summed E-state index contributed by atoms with van der Waals surface area (Å²) in [6.07, 6.45) is -4.09. The molecule has 1 aromatic carbocycles. The van der Waals surface area contributed by atoms with Crippen molar-refractivity contribution in [1.82, 2.24) is 19.7 Å². The molecule has 13 heteroatoms. The van der Waals surface area contributed by atoms with E-state index in [1.165, 1.54) is 18.3 Å². The van der Waals surface area contributed by atoms with Gasteiger partial charge in [-0.25, -0.2) is 4.68 Å². The van der Waals surface area contributed by atoms with Gasteiger partial charge in [0.25, 0.3) is 0 Å². The summed E-state index contributed by atoms with van der Waals surface area (Å²) in [7, 11) is 0. The number of rotatable bonds is 4. The fraction of sp³-hybridized carbons (Fsp3) is 0.500. The lowest BCUT2D eigenvalue weighted by molar-refractivity contribution is -0.141. The molecule has 1 N–H and O–H groups in total. The first kappa shape index (κ1) is 25.8. The largest absolute Gasteiger partial charge is 0.433 e. The normalized spacial score (nSPS) is 23.5. The van der Waals surface area contributed by atoms with Crippen molar-refractivity contribution < 1.29 is 26.3 Å². The molecule has 0 spiro atoms. The van der Waals surface area contributed by atoms with Gasteiger partial charge >= 0.3 is 12.4 Å². The van der Waals surface area contributed by atoms with Gasteiger partial charge in [-0.15, -0.1) is 5.10 Å². The number of hydrogen-bond acceptors (Lipinski definition) is 6. The minimum Gasteiger partial charge on any atom is -0.371 e. The van der Waals surface area contributed by atoms with Crippen LogP contribution in [0, 0.1) is 11.8 Å². The van der Waals surface area contributed by atoms with E-state index in [4.69, 9.17) is 4.98 Å². The lowest BCUT2D eigenvalue weighted by Gasteiger charge is -2.39. The topological polar surface area (TPSA) is 62.1 Å². The third-order valence-corrected chi connectivity index (χ3v) is 7.93. The predicted octanol–water partition coefficient (Wildman–Crippen LogP) is 5.97. The van der Waals surface area contributed by atoms with Crippen LogP contribution >= 0.6 is 0 Å². The van der Waals surface area contributed by atoms with Crippen LogP contribution < -0.4 is 15.1 Å². The highest BCUT2D eigenvalue weighted by molar-refractivity contribution is 5.59. The quantitative estimate of drug-likeness (QED) is 0.404. The van der Waals surface area contributed by atoms with E-state index in [0.717, 1.165) is 43.9 Å². The Hall–Kier alpha value is -3.51. The summed E-state index contributed by atoms with van der Waals surface area (Å²) in [5, 5.41) is 8.17. The van der Waals surface area contributed by atoms with Crippen LogP contribution in [0.3, 0.4) is 0 Å². The Labute approximate surface area is 220 Å². The van der Waals surface area contributed by atoms with Crippen molar-refractivity contribution in [3.63, 3.8) is 0 Å². The fourth-order valence-electron chi connectivity index (χ4n) is 6.04. The zero-order valence-electron chi connectivity index (χ0n) is 20.9. The summed E-state index contributed by atoms with van der Waals surface area (Å²) >= 11 is 0. The molecule has 0 radical (unpaired) electrons. The highest BCUT2D eigenvalue weighted by Gasteiger charge is 2.43. The zero-order valence-corrected chi connectivity index (χ0v) is 20.9. The Morgan fingerprint density at radius 3 is 2.18 bits per heavy atom. The molecule has 3 aromatic rings. The molecular formula is C26H27F6N7. The average molecular weight is 552 g/mol. The third kappa shape index (κ3) is 5.10. The maximum Gasteiger partial charge on any atom is 0.433 e. The standard InChI is InChI=1S/C26H27F6N7/c27-25(28,29)18-5-7-19(8-6-18)38-11-1-2-12-39-24(38)35-23(36-39)34-22-16-3-4-17(22)15-37(14-16)20-9-10-33-21(13-20)26(30,31)32/h5-10,13,16-17,22H,1-4,11-12,14-15H2,(H,34,36)/t16-,17?,22?/m0/s1. The second-order valence-electron chi connectivity index (χ2n) is 10.4. The summed E-state index contributed by atoms with van der Waals surface area (Å²) in [5.41, 5.74) is -0.456. The van der Waals surface area contributed by atoms with E-state index in [-0.39, 0.29) is 17.9 Å². The molecule has 2 fully saturated rings. The molecule has 1 saturated carbocycles. The molecule has 208 valence electrons.